The van der Waals surface area contributed by atoms with Gasteiger partial charge in [0.15, 0.2) is 0 Å². The lowest BCUT2D eigenvalue weighted by atomic mass is 10.1. The van der Waals surface area contributed by atoms with Gasteiger partial charge in [-0.05, 0) is 25.0 Å². The summed E-state index contributed by atoms with van der Waals surface area (Å²) in [6.45, 7) is 1.41. The van der Waals surface area contributed by atoms with Crippen LogP contribution in [-0.4, -0.2) is 36.4 Å². The highest BCUT2D eigenvalue weighted by Gasteiger charge is 2.16. The zero-order valence-corrected chi connectivity index (χ0v) is 10.3. The average molecular weight is 268 g/mol. The van der Waals surface area contributed by atoms with Crippen molar-refractivity contribution in [1.82, 2.24) is 10.6 Å². The van der Waals surface area contributed by atoms with Gasteiger partial charge in [-0.2, -0.15) is 0 Å². The molecule has 0 saturated carbocycles. The molecule has 0 radical (unpaired) electrons. The van der Waals surface area contributed by atoms with Crippen molar-refractivity contribution in [2.24, 2.45) is 0 Å². The minimum Gasteiger partial charge on any atom is -0.475 e. The number of furan rings is 1. The maximum atomic E-state index is 11.6. The standard InChI is InChI=1S/C12H16N2O5/c15-11(16)10-4-3-9(19-10)6-13-12(17)14-8-2-1-5-18-7-8/h3-4,8H,1-2,5-7H2,(H,15,16)(H2,13,14,17). The Hall–Kier alpha value is -2.02. The number of nitrogens with one attached hydrogen (secondary N) is 2. The molecule has 2 rings (SSSR count). The normalized spacial score (nSPS) is 18.8. The molecule has 0 aliphatic carbocycles. The lowest BCUT2D eigenvalue weighted by Gasteiger charge is -2.23. The average Bonchev–Trinajstić information content (AvgIpc) is 2.86. The minimum atomic E-state index is -1.13. The van der Waals surface area contributed by atoms with E-state index in [1.165, 1.54) is 12.1 Å². The molecule has 1 fully saturated rings. The number of aromatic carboxylic acids is 1. The van der Waals surface area contributed by atoms with Gasteiger partial charge in [0.2, 0.25) is 5.76 Å². The van der Waals surface area contributed by atoms with Crippen LogP contribution in [0.4, 0.5) is 4.79 Å². The molecule has 1 unspecified atom stereocenters. The van der Waals surface area contributed by atoms with E-state index >= 15 is 0 Å². The van der Waals surface area contributed by atoms with E-state index in [9.17, 15) is 9.59 Å². The number of hydrogen-bond donors (Lipinski definition) is 3. The van der Waals surface area contributed by atoms with E-state index in [0.29, 0.717) is 12.4 Å². The van der Waals surface area contributed by atoms with E-state index in [0.717, 1.165) is 19.4 Å². The fraction of sp³-hybridized carbons (Fsp3) is 0.500. The fourth-order valence-electron chi connectivity index (χ4n) is 1.85. The molecule has 1 aliphatic heterocycles. The fourth-order valence-corrected chi connectivity index (χ4v) is 1.85. The van der Waals surface area contributed by atoms with Gasteiger partial charge >= 0.3 is 12.0 Å². The largest absolute Gasteiger partial charge is 0.475 e. The van der Waals surface area contributed by atoms with Crippen LogP contribution in [0.2, 0.25) is 0 Å². The first-order chi connectivity index (χ1) is 9.15. The lowest BCUT2D eigenvalue weighted by molar-refractivity contribution is 0.0660. The molecule has 1 saturated heterocycles. The summed E-state index contributed by atoms with van der Waals surface area (Å²) in [6, 6.07) is 2.59. The highest BCUT2D eigenvalue weighted by molar-refractivity contribution is 5.84. The molecule has 2 heterocycles. The van der Waals surface area contributed by atoms with E-state index in [1.807, 2.05) is 0 Å². The van der Waals surface area contributed by atoms with Gasteiger partial charge in [-0.1, -0.05) is 0 Å². The Bertz CT molecular complexity index is 451. The van der Waals surface area contributed by atoms with Crippen LogP contribution in [0.15, 0.2) is 16.5 Å². The molecular formula is C12H16N2O5. The van der Waals surface area contributed by atoms with Gasteiger partial charge in [-0.15, -0.1) is 0 Å². The second-order valence-corrected chi connectivity index (χ2v) is 4.31. The van der Waals surface area contributed by atoms with E-state index in [1.54, 1.807) is 0 Å². The van der Waals surface area contributed by atoms with Crippen molar-refractivity contribution in [1.29, 1.82) is 0 Å². The molecule has 7 heteroatoms. The first-order valence-electron chi connectivity index (χ1n) is 6.09. The molecule has 1 aromatic rings. The summed E-state index contributed by atoms with van der Waals surface area (Å²) < 4.78 is 10.3. The summed E-state index contributed by atoms with van der Waals surface area (Å²) in [7, 11) is 0. The van der Waals surface area contributed by atoms with Gasteiger partial charge in [0.05, 0.1) is 19.2 Å². The molecule has 104 valence electrons. The molecule has 19 heavy (non-hydrogen) atoms. The highest BCUT2D eigenvalue weighted by atomic mass is 16.5. The molecule has 7 nitrogen and oxygen atoms in total. The number of carbonyl (C=O) groups is 2. The topological polar surface area (TPSA) is 101 Å². The molecule has 0 spiro atoms. The van der Waals surface area contributed by atoms with Crippen LogP contribution >= 0.6 is 0 Å². The van der Waals surface area contributed by atoms with Crippen molar-refractivity contribution in [2.45, 2.75) is 25.4 Å². The van der Waals surface area contributed by atoms with Gasteiger partial charge in [0, 0.05) is 6.61 Å². The van der Waals surface area contributed by atoms with E-state index in [2.05, 4.69) is 10.6 Å². The number of carboxylic acids is 1. The van der Waals surface area contributed by atoms with Crippen molar-refractivity contribution in [3.05, 3.63) is 23.7 Å². The molecule has 2 amide bonds. The second kappa shape index (κ2) is 6.24. The summed E-state index contributed by atoms with van der Waals surface area (Å²) >= 11 is 0. The number of amides is 2. The maximum Gasteiger partial charge on any atom is 0.371 e. The molecular weight excluding hydrogens is 252 g/mol. The van der Waals surface area contributed by atoms with Crippen LogP contribution in [0.3, 0.4) is 0 Å². The molecule has 1 aliphatic rings. The Morgan fingerprint density at radius 2 is 2.26 bits per heavy atom. The van der Waals surface area contributed by atoms with Crippen LogP contribution in [0, 0.1) is 0 Å². The van der Waals surface area contributed by atoms with Crippen LogP contribution in [0.1, 0.15) is 29.2 Å². The molecule has 3 N–H and O–H groups in total. The summed E-state index contributed by atoms with van der Waals surface area (Å²) in [5.41, 5.74) is 0. The van der Waals surface area contributed by atoms with E-state index in [4.69, 9.17) is 14.3 Å². The van der Waals surface area contributed by atoms with Gasteiger partial charge in [-0.25, -0.2) is 9.59 Å². The Labute approximate surface area is 109 Å². The highest BCUT2D eigenvalue weighted by Crippen LogP contribution is 2.08. The third kappa shape index (κ3) is 3.99. The van der Waals surface area contributed by atoms with Gasteiger partial charge in [0.25, 0.3) is 0 Å². The maximum absolute atomic E-state index is 11.6. The van der Waals surface area contributed by atoms with Crippen LogP contribution < -0.4 is 10.6 Å². The Balaban J connectivity index is 1.74. The van der Waals surface area contributed by atoms with Crippen molar-refractivity contribution >= 4 is 12.0 Å². The molecule has 0 aromatic carbocycles. The number of carboxylic acid groups (broad SMARTS) is 1. The first-order valence-corrected chi connectivity index (χ1v) is 6.09. The number of rotatable bonds is 4. The Morgan fingerprint density at radius 3 is 2.89 bits per heavy atom. The SMILES string of the molecule is O=C(NCc1ccc(C(=O)O)o1)NC1CCCOC1. The minimum absolute atomic E-state index is 0.0277. The Kier molecular flexibility index (Phi) is 4.40. The smallest absolute Gasteiger partial charge is 0.371 e. The number of ether oxygens (including phenoxy) is 1. The van der Waals surface area contributed by atoms with Crippen molar-refractivity contribution < 1.29 is 23.8 Å². The molecule has 1 aromatic heterocycles. The van der Waals surface area contributed by atoms with Crippen LogP contribution in [-0.2, 0) is 11.3 Å². The third-order valence-electron chi connectivity index (χ3n) is 2.79. The lowest BCUT2D eigenvalue weighted by Crippen LogP contribution is -2.45. The van der Waals surface area contributed by atoms with Gasteiger partial charge in [0.1, 0.15) is 5.76 Å². The zero-order chi connectivity index (χ0) is 13.7. The first kappa shape index (κ1) is 13.4. The summed E-state index contributed by atoms with van der Waals surface area (Å²) in [5, 5.41) is 14.1. The number of hydrogen-bond acceptors (Lipinski definition) is 4. The van der Waals surface area contributed by atoms with Crippen LogP contribution in [0.5, 0.6) is 0 Å². The zero-order valence-electron chi connectivity index (χ0n) is 10.3. The van der Waals surface area contributed by atoms with Gasteiger partial charge in [-0.3, -0.25) is 0 Å². The monoisotopic (exact) mass is 268 g/mol. The molecule has 1 atom stereocenters. The van der Waals surface area contributed by atoms with Crippen molar-refractivity contribution in [3.8, 4) is 0 Å². The van der Waals surface area contributed by atoms with E-state index < -0.39 is 5.97 Å². The summed E-state index contributed by atoms with van der Waals surface area (Å²) in [5.74, 6) is -0.875. The molecule has 0 bridgehead atoms. The Morgan fingerprint density at radius 1 is 1.42 bits per heavy atom. The summed E-state index contributed by atoms with van der Waals surface area (Å²) in [6.07, 6.45) is 1.84. The predicted octanol–water partition coefficient (Wildman–Crippen LogP) is 0.956. The van der Waals surface area contributed by atoms with Crippen LogP contribution in [0.25, 0.3) is 0 Å². The number of urea groups is 1. The van der Waals surface area contributed by atoms with Gasteiger partial charge < -0.3 is 24.9 Å². The van der Waals surface area contributed by atoms with Crippen molar-refractivity contribution in [2.75, 3.05) is 13.2 Å². The van der Waals surface area contributed by atoms with Crippen molar-refractivity contribution in [3.63, 3.8) is 0 Å². The predicted molar refractivity (Wildman–Crippen MR) is 64.9 cm³/mol. The quantitative estimate of drug-likeness (QED) is 0.755. The second-order valence-electron chi connectivity index (χ2n) is 4.31. The third-order valence-corrected chi connectivity index (χ3v) is 2.79. The summed E-state index contributed by atoms with van der Waals surface area (Å²) in [4.78, 5) is 22.2. The van der Waals surface area contributed by atoms with E-state index in [-0.39, 0.29) is 24.4 Å². The number of carbonyl (C=O) groups excluding carboxylic acids is 1.